The maximum Gasteiger partial charge on any atom is 1.00 e. The van der Waals surface area contributed by atoms with Crippen LogP contribution in [0.1, 0.15) is 11.1 Å². The molecule has 0 spiro atoms. The van der Waals surface area contributed by atoms with Gasteiger partial charge in [0.2, 0.25) is 0 Å². The van der Waals surface area contributed by atoms with E-state index in [0.29, 0.717) is 50.9 Å². The minimum absolute atomic E-state index is 0. The summed E-state index contributed by atoms with van der Waals surface area (Å²) in [5.41, 5.74) is 4.53. The van der Waals surface area contributed by atoms with E-state index < -0.39 is 60.1 Å². The quantitative estimate of drug-likeness (QED) is 0.0432. The first-order chi connectivity index (χ1) is 31.0. The monoisotopic (exact) mass is 1060 g/mol. The molecule has 70 heavy (non-hydrogen) atoms. The van der Waals surface area contributed by atoms with Crippen LogP contribution in [0.3, 0.4) is 0 Å². The molecule has 7 aromatic carbocycles. The molecule has 0 aliphatic heterocycles. The number of fused-ring (bicyclic) bond motifs is 2. The Hall–Kier alpha value is -2.74. The molecule has 0 fully saturated rings. The number of anilines is 5. The Morgan fingerprint density at radius 1 is 0.429 bits per heavy atom. The third-order valence-corrected chi connectivity index (χ3v) is 13.3. The van der Waals surface area contributed by atoms with E-state index in [-0.39, 0.29) is 164 Å². The molecule has 0 aromatic heterocycles. The third-order valence-electron chi connectivity index (χ3n) is 9.77. The molecular formula is C42H33N7Na4O13S4. The average molecular weight is 1060 g/mol. The number of rotatable bonds is 15. The van der Waals surface area contributed by atoms with E-state index in [1.807, 2.05) is 0 Å². The van der Waals surface area contributed by atoms with E-state index in [1.165, 1.54) is 12.1 Å². The molecule has 7 rings (SSSR count). The van der Waals surface area contributed by atoms with Crippen molar-refractivity contribution in [1.29, 1.82) is 0 Å². The van der Waals surface area contributed by atoms with Crippen LogP contribution in [0.25, 0.3) is 21.5 Å². The number of benzene rings is 7. The SMILES string of the molecule is Cc1cc(Nc2cc(NCCO)cc(Nc3ccc(N=Nc4cc(S(=O)(=O)[O-])c5cccc(S(=O)(=O)[O-])c5c4)c(C)c3)c2)ccc1N=Nc1cc(S(=O)(=O)[O-])c2cccc(S(=O)(=O)[O-])c2c1.[Na+].[Na+].[Na+].[Na+]. The molecular weight excluding hydrogens is 1030 g/mol. The zero-order valence-electron chi connectivity index (χ0n) is 38.2. The van der Waals surface area contributed by atoms with Gasteiger partial charge in [0, 0.05) is 56.5 Å². The molecule has 0 aliphatic rings. The topological polar surface area (TPSA) is 335 Å². The third kappa shape index (κ3) is 15.2. The summed E-state index contributed by atoms with van der Waals surface area (Å²) in [6, 6.07) is 26.3. The first-order valence-corrected chi connectivity index (χ1v) is 24.7. The summed E-state index contributed by atoms with van der Waals surface area (Å²) in [5.74, 6) is 0. The van der Waals surface area contributed by atoms with Crippen LogP contribution >= 0.6 is 0 Å². The first-order valence-electron chi connectivity index (χ1n) is 19.0. The summed E-state index contributed by atoms with van der Waals surface area (Å²) in [6.07, 6.45) is 0. The van der Waals surface area contributed by atoms with Gasteiger partial charge in [-0.2, -0.15) is 20.5 Å². The number of aliphatic hydroxyl groups excluding tert-OH is 1. The molecule has 4 N–H and O–H groups in total. The Bertz CT molecular complexity index is 3420. The second-order valence-corrected chi connectivity index (χ2v) is 19.9. The number of aryl methyl sites for hydroxylation is 2. The van der Waals surface area contributed by atoms with Crippen LogP contribution in [0.2, 0.25) is 0 Å². The van der Waals surface area contributed by atoms with Crippen LogP contribution in [0.4, 0.5) is 51.2 Å². The standard InChI is InChI=1S/C42H37N7O13S4.4Na/c1-24-15-26(9-11-37(24)48-46-31-20-35-33(41(22-31)65(57,58)59)5-3-7-39(35)63(51,52)53)44-29-17-28(43-13-14-50)18-30(19-29)45-27-10-12-38(25(2)16-27)49-47-32-21-36-34(42(23-32)66(60,61)62)6-4-8-40(36)64(54,55)56;;;;/h3-12,15-23,43-45,50H,13-14H2,1-2H3,(H,51,52,53)(H,54,55,56)(H,57,58,59)(H,60,61,62);;;;/q;4*+1/p-4. The first kappa shape index (κ1) is 61.6. The van der Waals surface area contributed by atoms with Crippen molar-refractivity contribution >= 4 is 113 Å². The van der Waals surface area contributed by atoms with Gasteiger partial charge in [-0.05, 0) is 116 Å². The van der Waals surface area contributed by atoms with Gasteiger partial charge in [0.1, 0.15) is 40.5 Å². The maximum absolute atomic E-state index is 12.1. The fourth-order valence-corrected chi connectivity index (χ4v) is 9.70. The van der Waals surface area contributed by atoms with Gasteiger partial charge in [-0.3, -0.25) is 0 Å². The summed E-state index contributed by atoms with van der Waals surface area (Å²) >= 11 is 0. The number of hydrogen-bond donors (Lipinski definition) is 4. The second-order valence-electron chi connectivity index (χ2n) is 14.5. The number of nitrogens with zero attached hydrogens (tertiary/aromatic N) is 4. The van der Waals surface area contributed by atoms with E-state index in [0.717, 1.165) is 48.5 Å². The zero-order chi connectivity index (χ0) is 47.8. The van der Waals surface area contributed by atoms with Crippen LogP contribution in [0.5, 0.6) is 0 Å². The van der Waals surface area contributed by atoms with E-state index in [1.54, 1.807) is 68.4 Å². The number of aliphatic hydroxyl groups is 1. The molecule has 7 aromatic rings. The van der Waals surface area contributed by atoms with Gasteiger partial charge in [0.05, 0.1) is 48.9 Å². The number of azo groups is 2. The van der Waals surface area contributed by atoms with Crippen LogP contribution in [0, 0.1) is 13.8 Å². The normalized spacial score (nSPS) is 11.9. The van der Waals surface area contributed by atoms with Crippen molar-refractivity contribution in [3.05, 3.63) is 126 Å². The molecule has 28 heteroatoms. The molecule has 342 valence electrons. The van der Waals surface area contributed by atoms with Gasteiger partial charge < -0.3 is 39.3 Å². The molecule has 0 aliphatic carbocycles. The molecule has 20 nitrogen and oxygen atoms in total. The Kier molecular flexibility index (Phi) is 22.0. The Balaban J connectivity index is 0.00000324. The summed E-state index contributed by atoms with van der Waals surface area (Å²) in [5, 5.41) is 34.6. The Morgan fingerprint density at radius 2 is 0.800 bits per heavy atom. The van der Waals surface area contributed by atoms with Crippen molar-refractivity contribution in [2.24, 2.45) is 20.5 Å². The fourth-order valence-electron chi connectivity index (χ4n) is 6.91. The summed E-state index contributed by atoms with van der Waals surface area (Å²) in [7, 11) is -20.4. The molecule has 0 heterocycles. The van der Waals surface area contributed by atoms with E-state index in [4.69, 9.17) is 0 Å². The van der Waals surface area contributed by atoms with Gasteiger partial charge in [-0.25, -0.2) is 33.7 Å². The molecule has 0 saturated carbocycles. The summed E-state index contributed by atoms with van der Waals surface area (Å²) < 4.78 is 144. The Labute approximate surface area is 491 Å². The fraction of sp³-hybridized carbons (Fsp3) is 0.0952. The summed E-state index contributed by atoms with van der Waals surface area (Å²) in [4.78, 5) is -2.99. The van der Waals surface area contributed by atoms with E-state index in [2.05, 4.69) is 36.4 Å². The minimum atomic E-state index is -5.13. The molecule has 0 atom stereocenters. The minimum Gasteiger partial charge on any atom is -0.744 e. The number of hydrogen-bond acceptors (Lipinski definition) is 20. The molecule has 0 radical (unpaired) electrons. The molecule has 0 unspecified atom stereocenters. The van der Waals surface area contributed by atoms with Crippen molar-refractivity contribution in [1.82, 2.24) is 0 Å². The smallest absolute Gasteiger partial charge is 0.744 e. The van der Waals surface area contributed by atoms with E-state index in [9.17, 15) is 57.0 Å². The summed E-state index contributed by atoms with van der Waals surface area (Å²) in [6.45, 7) is 3.53. The van der Waals surface area contributed by atoms with Crippen LogP contribution in [-0.2, 0) is 40.5 Å². The van der Waals surface area contributed by atoms with Gasteiger partial charge >= 0.3 is 118 Å². The van der Waals surface area contributed by atoms with Crippen molar-refractivity contribution in [2.75, 3.05) is 29.1 Å². The zero-order valence-corrected chi connectivity index (χ0v) is 49.4. The average Bonchev–Trinajstić information content (AvgIpc) is 3.22. The predicted octanol–water partition coefficient (Wildman–Crippen LogP) is -4.04. The largest absolute Gasteiger partial charge is 1.00 e. The molecule has 0 saturated heterocycles. The second kappa shape index (κ2) is 25.0. The van der Waals surface area contributed by atoms with Crippen LogP contribution in [0.15, 0.2) is 155 Å². The van der Waals surface area contributed by atoms with Gasteiger partial charge in [0.15, 0.2) is 0 Å². The maximum atomic E-state index is 12.1. The van der Waals surface area contributed by atoms with E-state index >= 15 is 0 Å². The van der Waals surface area contributed by atoms with Crippen LogP contribution < -0.4 is 134 Å². The molecule has 0 bridgehead atoms. The van der Waals surface area contributed by atoms with Gasteiger partial charge in [0.25, 0.3) is 0 Å². The Morgan fingerprint density at radius 3 is 1.14 bits per heavy atom. The van der Waals surface area contributed by atoms with Crippen molar-refractivity contribution < 1.29 is 175 Å². The van der Waals surface area contributed by atoms with Crippen molar-refractivity contribution in [3.63, 3.8) is 0 Å². The van der Waals surface area contributed by atoms with Crippen LogP contribution in [-0.4, -0.2) is 70.1 Å². The van der Waals surface area contributed by atoms with Gasteiger partial charge in [-0.15, -0.1) is 0 Å². The van der Waals surface area contributed by atoms with Crippen molar-refractivity contribution in [3.8, 4) is 0 Å². The number of nitrogens with one attached hydrogen (secondary N) is 3. The van der Waals surface area contributed by atoms with Crippen molar-refractivity contribution in [2.45, 2.75) is 33.4 Å². The predicted molar refractivity (Wildman–Crippen MR) is 239 cm³/mol. The van der Waals surface area contributed by atoms with Gasteiger partial charge in [-0.1, -0.05) is 24.3 Å². The molecule has 0 amide bonds.